The maximum Gasteiger partial charge on any atom is 0.114 e. The summed E-state index contributed by atoms with van der Waals surface area (Å²) in [7, 11) is 1.99. The van der Waals surface area contributed by atoms with Gasteiger partial charge in [-0.2, -0.15) is 0 Å². The summed E-state index contributed by atoms with van der Waals surface area (Å²) in [5.74, 6) is 1.36. The largest absolute Gasteiger partial charge is 0.356 e. The molecule has 1 aromatic rings. The van der Waals surface area contributed by atoms with E-state index >= 15 is 0 Å². The summed E-state index contributed by atoms with van der Waals surface area (Å²) in [5, 5.41) is 0. The van der Waals surface area contributed by atoms with Crippen LogP contribution >= 0.6 is 11.6 Å². The molecule has 0 aromatic carbocycles. The van der Waals surface area contributed by atoms with E-state index in [0.29, 0.717) is 5.88 Å². The Kier molecular flexibility index (Phi) is 5.32. The fraction of sp³-hybridized carbons (Fsp3) is 0.636. The molecule has 0 aliphatic rings. The number of amidine groups is 1. The lowest BCUT2D eigenvalue weighted by molar-refractivity contribution is 0.489. The zero-order chi connectivity index (χ0) is 12.0. The van der Waals surface area contributed by atoms with Gasteiger partial charge in [0.05, 0.1) is 24.4 Å². The first-order valence-corrected chi connectivity index (χ1v) is 6.05. The minimum atomic E-state index is 0.443. The van der Waals surface area contributed by atoms with Gasteiger partial charge in [0.25, 0.3) is 0 Å². The third-order valence-corrected chi connectivity index (χ3v) is 2.59. The van der Waals surface area contributed by atoms with E-state index in [4.69, 9.17) is 11.6 Å². The van der Waals surface area contributed by atoms with Gasteiger partial charge in [-0.15, -0.1) is 11.6 Å². The maximum atomic E-state index is 5.84. The molecule has 0 saturated heterocycles. The average Bonchev–Trinajstić information content (AvgIpc) is 2.73. The lowest BCUT2D eigenvalue weighted by Crippen LogP contribution is -2.28. The van der Waals surface area contributed by atoms with Gasteiger partial charge < -0.3 is 9.47 Å². The molecule has 16 heavy (non-hydrogen) atoms. The fourth-order valence-corrected chi connectivity index (χ4v) is 1.73. The van der Waals surface area contributed by atoms with Crippen LogP contribution in [0.4, 0.5) is 0 Å². The van der Waals surface area contributed by atoms with Crippen molar-refractivity contribution < 1.29 is 0 Å². The molecule has 0 aliphatic carbocycles. The molecule has 1 heterocycles. The molecule has 5 heteroatoms. The summed E-state index contributed by atoms with van der Waals surface area (Å²) in [6.07, 6.45) is 3.90. The minimum Gasteiger partial charge on any atom is -0.356 e. The molecule has 1 aromatic heterocycles. The number of hydrogen-bond donors (Lipinski definition) is 0. The van der Waals surface area contributed by atoms with Crippen molar-refractivity contribution in [3.63, 3.8) is 0 Å². The van der Waals surface area contributed by atoms with Gasteiger partial charge in [-0.25, -0.2) is 4.98 Å². The van der Waals surface area contributed by atoms with Crippen LogP contribution in [0.25, 0.3) is 0 Å². The number of aromatic nitrogens is 2. The molecular weight excluding hydrogens is 224 g/mol. The normalized spacial score (nSPS) is 11.9. The average molecular weight is 243 g/mol. The quantitative estimate of drug-likeness (QED) is 0.450. The summed E-state index contributed by atoms with van der Waals surface area (Å²) in [6.45, 7) is 6.56. The summed E-state index contributed by atoms with van der Waals surface area (Å²) in [4.78, 5) is 10.7. The number of nitrogens with zero attached hydrogens (tertiary/aromatic N) is 4. The summed E-state index contributed by atoms with van der Waals surface area (Å²) in [6, 6.07) is 0. The number of aryl methyl sites for hydroxylation is 1. The van der Waals surface area contributed by atoms with Gasteiger partial charge in [0.2, 0.25) is 0 Å². The van der Waals surface area contributed by atoms with Gasteiger partial charge in [-0.3, -0.25) is 4.99 Å². The third-order valence-electron chi connectivity index (χ3n) is 2.35. The predicted molar refractivity (Wildman–Crippen MR) is 68.1 cm³/mol. The molecule has 0 N–H and O–H groups in total. The van der Waals surface area contributed by atoms with Crippen molar-refractivity contribution in [1.29, 1.82) is 0 Å². The van der Waals surface area contributed by atoms with Gasteiger partial charge in [-0.05, 0) is 13.8 Å². The van der Waals surface area contributed by atoms with E-state index in [1.807, 2.05) is 31.4 Å². The Bertz CT molecular complexity index is 346. The van der Waals surface area contributed by atoms with E-state index in [2.05, 4.69) is 21.5 Å². The highest BCUT2D eigenvalue weighted by molar-refractivity contribution is 6.28. The van der Waals surface area contributed by atoms with E-state index in [9.17, 15) is 0 Å². The molecule has 0 spiro atoms. The van der Waals surface area contributed by atoms with E-state index in [1.165, 1.54) is 0 Å². The van der Waals surface area contributed by atoms with Crippen LogP contribution in [-0.4, -0.2) is 39.8 Å². The van der Waals surface area contributed by atoms with Crippen molar-refractivity contribution in [1.82, 2.24) is 14.5 Å². The number of alkyl halides is 1. The minimum absolute atomic E-state index is 0.443. The zero-order valence-corrected chi connectivity index (χ0v) is 10.9. The SMILES string of the molecule is CC/N=C(/CCl)N(C)Cc1cn(CC)cn1. The molecule has 1 rings (SSSR count). The first kappa shape index (κ1) is 13.0. The maximum absolute atomic E-state index is 5.84. The van der Waals surface area contributed by atoms with Crippen LogP contribution in [0.3, 0.4) is 0 Å². The second kappa shape index (κ2) is 6.53. The Hall–Kier alpha value is -1.03. The van der Waals surface area contributed by atoms with E-state index in [1.54, 1.807) is 0 Å². The number of hydrogen-bond acceptors (Lipinski definition) is 2. The van der Waals surface area contributed by atoms with Crippen molar-refractivity contribution >= 4 is 17.4 Å². The fourth-order valence-electron chi connectivity index (χ4n) is 1.44. The first-order chi connectivity index (χ1) is 7.71. The molecule has 0 atom stereocenters. The van der Waals surface area contributed by atoms with Crippen LogP contribution in [0, 0.1) is 0 Å². The number of imidazole rings is 1. The highest BCUT2D eigenvalue weighted by Crippen LogP contribution is 2.02. The Labute approximate surface area is 102 Å². The van der Waals surface area contributed by atoms with Crippen molar-refractivity contribution in [3.8, 4) is 0 Å². The molecule has 0 bridgehead atoms. The Morgan fingerprint density at radius 3 is 2.81 bits per heavy atom. The van der Waals surface area contributed by atoms with Crippen molar-refractivity contribution in [3.05, 3.63) is 18.2 Å². The Morgan fingerprint density at radius 1 is 1.56 bits per heavy atom. The number of halogens is 1. The molecule has 0 amide bonds. The van der Waals surface area contributed by atoms with Crippen molar-refractivity contribution in [2.45, 2.75) is 26.9 Å². The van der Waals surface area contributed by atoms with Gasteiger partial charge >= 0.3 is 0 Å². The number of rotatable bonds is 5. The Balaban J connectivity index is 2.62. The lowest BCUT2D eigenvalue weighted by atomic mass is 10.4. The zero-order valence-electron chi connectivity index (χ0n) is 10.1. The summed E-state index contributed by atoms with van der Waals surface area (Å²) in [5.41, 5.74) is 1.04. The molecular formula is C11H19ClN4. The van der Waals surface area contributed by atoms with Crippen LogP contribution in [0.2, 0.25) is 0 Å². The van der Waals surface area contributed by atoms with Crippen LogP contribution in [0.15, 0.2) is 17.5 Å². The molecule has 0 aliphatic heterocycles. The van der Waals surface area contributed by atoms with E-state index < -0.39 is 0 Å². The number of aliphatic imine (C=N–C) groups is 1. The van der Waals surface area contributed by atoms with E-state index in [0.717, 1.165) is 31.2 Å². The molecule has 0 fully saturated rings. The standard InChI is InChI=1S/C11H19ClN4/c1-4-13-11(6-12)15(3)7-10-8-16(5-2)9-14-10/h8-9H,4-7H2,1-3H3/b13-11-. The second-order valence-corrected chi connectivity index (χ2v) is 3.84. The molecule has 0 radical (unpaired) electrons. The molecule has 90 valence electrons. The highest BCUT2D eigenvalue weighted by atomic mass is 35.5. The van der Waals surface area contributed by atoms with Crippen molar-refractivity contribution in [2.75, 3.05) is 19.5 Å². The topological polar surface area (TPSA) is 33.4 Å². The van der Waals surface area contributed by atoms with Gasteiger partial charge in [-0.1, -0.05) is 0 Å². The van der Waals surface area contributed by atoms with Crippen LogP contribution in [-0.2, 0) is 13.1 Å². The summed E-state index contributed by atoms with van der Waals surface area (Å²) >= 11 is 5.84. The lowest BCUT2D eigenvalue weighted by Gasteiger charge is -2.18. The molecule has 0 saturated carbocycles. The monoisotopic (exact) mass is 242 g/mol. The van der Waals surface area contributed by atoms with Gasteiger partial charge in [0.1, 0.15) is 5.84 Å². The molecule has 0 unspecified atom stereocenters. The van der Waals surface area contributed by atoms with Gasteiger partial charge in [0.15, 0.2) is 0 Å². The third kappa shape index (κ3) is 3.52. The van der Waals surface area contributed by atoms with Crippen LogP contribution in [0.1, 0.15) is 19.5 Å². The predicted octanol–water partition coefficient (Wildman–Crippen LogP) is 1.99. The molecule has 4 nitrogen and oxygen atoms in total. The van der Waals surface area contributed by atoms with Gasteiger partial charge in [0, 0.05) is 26.3 Å². The Morgan fingerprint density at radius 2 is 2.31 bits per heavy atom. The summed E-state index contributed by atoms with van der Waals surface area (Å²) < 4.78 is 2.06. The smallest absolute Gasteiger partial charge is 0.114 e. The van der Waals surface area contributed by atoms with Crippen molar-refractivity contribution in [2.24, 2.45) is 4.99 Å². The van der Waals surface area contributed by atoms with Crippen LogP contribution < -0.4 is 0 Å². The first-order valence-electron chi connectivity index (χ1n) is 5.52. The second-order valence-electron chi connectivity index (χ2n) is 3.58. The van der Waals surface area contributed by atoms with E-state index in [-0.39, 0.29) is 0 Å². The highest BCUT2D eigenvalue weighted by Gasteiger charge is 2.07. The van der Waals surface area contributed by atoms with Crippen LogP contribution in [0.5, 0.6) is 0 Å².